The summed E-state index contributed by atoms with van der Waals surface area (Å²) >= 11 is 5.99. The number of benzene rings is 1. The zero-order valence-electron chi connectivity index (χ0n) is 11.1. The average molecular weight is 282 g/mol. The smallest absolute Gasteiger partial charge is 0.139 e. The highest BCUT2D eigenvalue weighted by molar-refractivity contribution is 6.30. The molecule has 2 rings (SSSR count). The average Bonchev–Trinajstić information content (AvgIpc) is 3.16. The number of nitrogens with zero attached hydrogens (tertiary/aromatic N) is 1. The van der Waals surface area contributed by atoms with Crippen molar-refractivity contribution >= 4 is 17.4 Å². The van der Waals surface area contributed by atoms with Gasteiger partial charge in [-0.15, -0.1) is 0 Å². The van der Waals surface area contributed by atoms with Gasteiger partial charge in [-0.25, -0.2) is 0 Å². The van der Waals surface area contributed by atoms with Crippen LogP contribution in [-0.2, 0) is 0 Å². The normalized spacial score (nSPS) is 19.2. The number of hydrogen-bond acceptors (Lipinski definition) is 3. The van der Waals surface area contributed by atoms with Gasteiger partial charge in [0.1, 0.15) is 5.84 Å². The first-order valence-corrected chi connectivity index (χ1v) is 6.88. The van der Waals surface area contributed by atoms with E-state index in [2.05, 4.69) is 23.5 Å². The maximum Gasteiger partial charge on any atom is 0.139 e. The number of oxime groups is 1. The first-order valence-electron chi connectivity index (χ1n) is 6.50. The Balaban J connectivity index is 1.89. The van der Waals surface area contributed by atoms with E-state index >= 15 is 0 Å². The predicted octanol–water partition coefficient (Wildman–Crippen LogP) is 2.91. The molecule has 0 aliphatic heterocycles. The van der Waals surface area contributed by atoms with E-state index in [0.29, 0.717) is 12.3 Å². The van der Waals surface area contributed by atoms with Gasteiger partial charge in [0.25, 0.3) is 0 Å². The second-order valence-electron chi connectivity index (χ2n) is 5.43. The highest BCUT2D eigenvalue weighted by Crippen LogP contribution is 2.48. The summed E-state index contributed by atoms with van der Waals surface area (Å²) in [7, 11) is 0. The second-order valence-corrected chi connectivity index (χ2v) is 5.86. The van der Waals surface area contributed by atoms with Gasteiger partial charge in [0, 0.05) is 24.0 Å². The Hall–Kier alpha value is -1.26. The van der Waals surface area contributed by atoms with E-state index in [0.717, 1.165) is 24.4 Å². The van der Waals surface area contributed by atoms with Crippen LogP contribution < -0.4 is 11.1 Å². The van der Waals surface area contributed by atoms with Crippen molar-refractivity contribution in [3.05, 3.63) is 34.9 Å². The fourth-order valence-corrected chi connectivity index (χ4v) is 2.47. The van der Waals surface area contributed by atoms with Crippen molar-refractivity contribution in [2.75, 3.05) is 6.54 Å². The first-order chi connectivity index (χ1) is 9.04. The minimum absolute atomic E-state index is 0.170. The van der Waals surface area contributed by atoms with Crippen LogP contribution in [0.4, 0.5) is 0 Å². The van der Waals surface area contributed by atoms with E-state index in [1.165, 1.54) is 5.56 Å². The molecule has 1 saturated carbocycles. The maximum atomic E-state index is 8.64. The van der Waals surface area contributed by atoms with E-state index in [1.54, 1.807) is 0 Å². The summed E-state index contributed by atoms with van der Waals surface area (Å²) in [5, 5.41) is 16.0. The standard InChI is InChI=1S/C14H20ClN3O/c1-10(11-3-2-4-12(15)7-11)17-9-14(5-6-14)8-13(16)18-19/h2-4,7,10,17,19H,5-6,8-9H2,1H3,(H2,16,18)/t10-/m0/s1. The van der Waals surface area contributed by atoms with E-state index in [-0.39, 0.29) is 11.5 Å². The molecule has 4 N–H and O–H groups in total. The summed E-state index contributed by atoms with van der Waals surface area (Å²) in [6.45, 7) is 2.99. The van der Waals surface area contributed by atoms with Gasteiger partial charge in [-0.2, -0.15) is 0 Å². The van der Waals surface area contributed by atoms with Crippen LogP contribution in [0.5, 0.6) is 0 Å². The molecule has 0 heterocycles. The van der Waals surface area contributed by atoms with Crippen LogP contribution in [-0.4, -0.2) is 17.6 Å². The van der Waals surface area contributed by atoms with Gasteiger partial charge in [0.2, 0.25) is 0 Å². The third-order valence-corrected chi connectivity index (χ3v) is 4.01. The van der Waals surface area contributed by atoms with Crippen LogP contribution >= 0.6 is 11.6 Å². The lowest BCUT2D eigenvalue weighted by Gasteiger charge is -2.20. The van der Waals surface area contributed by atoms with E-state index < -0.39 is 0 Å². The SMILES string of the molecule is C[C@H](NCC1(C/C(N)=N/O)CC1)c1cccc(Cl)c1. The van der Waals surface area contributed by atoms with Gasteiger partial charge >= 0.3 is 0 Å². The maximum absolute atomic E-state index is 8.64. The largest absolute Gasteiger partial charge is 0.409 e. The van der Waals surface area contributed by atoms with Gasteiger partial charge in [-0.05, 0) is 42.9 Å². The minimum Gasteiger partial charge on any atom is -0.409 e. The number of nitrogens with one attached hydrogen (secondary N) is 1. The molecule has 1 aromatic rings. The molecule has 0 unspecified atom stereocenters. The van der Waals surface area contributed by atoms with E-state index in [4.69, 9.17) is 22.5 Å². The monoisotopic (exact) mass is 281 g/mol. The predicted molar refractivity (Wildman–Crippen MR) is 77.6 cm³/mol. The van der Waals surface area contributed by atoms with Gasteiger partial charge < -0.3 is 16.3 Å². The molecule has 0 radical (unpaired) electrons. The Morgan fingerprint density at radius 1 is 1.58 bits per heavy atom. The molecule has 0 aromatic heterocycles. The molecule has 0 amide bonds. The summed E-state index contributed by atoms with van der Waals surface area (Å²) < 4.78 is 0. The zero-order chi connectivity index (χ0) is 13.9. The Labute approximate surface area is 118 Å². The number of hydrogen-bond donors (Lipinski definition) is 3. The molecule has 0 spiro atoms. The summed E-state index contributed by atoms with van der Waals surface area (Å²) in [4.78, 5) is 0. The van der Waals surface area contributed by atoms with Crippen molar-refractivity contribution in [1.29, 1.82) is 0 Å². The molecule has 19 heavy (non-hydrogen) atoms. The summed E-state index contributed by atoms with van der Waals surface area (Å²) in [5.74, 6) is 0.315. The van der Waals surface area contributed by atoms with Crippen molar-refractivity contribution in [3.8, 4) is 0 Å². The topological polar surface area (TPSA) is 70.6 Å². The Kier molecular flexibility index (Phi) is 4.32. The second kappa shape index (κ2) is 5.80. The fraction of sp³-hybridized carbons (Fsp3) is 0.500. The molecule has 1 aliphatic carbocycles. The summed E-state index contributed by atoms with van der Waals surface area (Å²) in [5.41, 5.74) is 6.93. The lowest BCUT2D eigenvalue weighted by atomic mass is 10.0. The lowest BCUT2D eigenvalue weighted by Crippen LogP contribution is -2.30. The van der Waals surface area contributed by atoms with Crippen LogP contribution in [0.15, 0.2) is 29.4 Å². The number of rotatable bonds is 6. The van der Waals surface area contributed by atoms with Crippen molar-refractivity contribution in [3.63, 3.8) is 0 Å². The Morgan fingerprint density at radius 3 is 2.89 bits per heavy atom. The molecule has 1 fully saturated rings. The summed E-state index contributed by atoms with van der Waals surface area (Å²) in [6.07, 6.45) is 2.90. The zero-order valence-corrected chi connectivity index (χ0v) is 11.8. The third-order valence-electron chi connectivity index (χ3n) is 3.77. The van der Waals surface area contributed by atoms with E-state index in [1.807, 2.05) is 18.2 Å². The van der Waals surface area contributed by atoms with Crippen LogP contribution in [0.25, 0.3) is 0 Å². The molecule has 104 valence electrons. The molecule has 0 saturated heterocycles. The molecule has 0 bridgehead atoms. The third kappa shape index (κ3) is 3.85. The van der Waals surface area contributed by atoms with Gasteiger partial charge in [-0.1, -0.05) is 28.9 Å². The number of nitrogens with two attached hydrogens (primary N) is 1. The van der Waals surface area contributed by atoms with Crippen molar-refractivity contribution in [2.24, 2.45) is 16.3 Å². The number of halogens is 1. The van der Waals surface area contributed by atoms with Crippen molar-refractivity contribution in [1.82, 2.24) is 5.32 Å². The van der Waals surface area contributed by atoms with Gasteiger partial charge in [0.15, 0.2) is 0 Å². The Bertz CT molecular complexity index is 472. The summed E-state index contributed by atoms with van der Waals surface area (Å²) in [6, 6.07) is 8.11. The molecule has 5 heteroatoms. The van der Waals surface area contributed by atoms with Gasteiger partial charge in [0.05, 0.1) is 0 Å². The van der Waals surface area contributed by atoms with Crippen LogP contribution in [0, 0.1) is 5.41 Å². The van der Waals surface area contributed by atoms with Crippen LogP contribution in [0.3, 0.4) is 0 Å². The number of amidine groups is 1. The van der Waals surface area contributed by atoms with Crippen molar-refractivity contribution in [2.45, 2.75) is 32.2 Å². The minimum atomic E-state index is 0.170. The lowest BCUT2D eigenvalue weighted by molar-refractivity contribution is 0.313. The first kappa shape index (κ1) is 14.2. The molecular formula is C14H20ClN3O. The molecule has 1 atom stereocenters. The van der Waals surface area contributed by atoms with Crippen LogP contribution in [0.2, 0.25) is 5.02 Å². The molecule has 4 nitrogen and oxygen atoms in total. The highest BCUT2D eigenvalue weighted by Gasteiger charge is 2.43. The Morgan fingerprint density at radius 2 is 2.32 bits per heavy atom. The quantitative estimate of drug-likeness (QED) is 0.325. The molecular weight excluding hydrogens is 262 g/mol. The molecule has 1 aromatic carbocycles. The highest BCUT2D eigenvalue weighted by atomic mass is 35.5. The van der Waals surface area contributed by atoms with E-state index in [9.17, 15) is 0 Å². The van der Waals surface area contributed by atoms with Crippen molar-refractivity contribution < 1.29 is 5.21 Å². The fourth-order valence-electron chi connectivity index (χ4n) is 2.28. The van der Waals surface area contributed by atoms with Gasteiger partial charge in [-0.3, -0.25) is 0 Å². The van der Waals surface area contributed by atoms with Crippen LogP contribution in [0.1, 0.15) is 37.8 Å². The molecule has 1 aliphatic rings.